The zero-order valence-corrected chi connectivity index (χ0v) is 15.8. The van der Waals surface area contributed by atoms with Crippen molar-refractivity contribution < 1.29 is 24.1 Å². The molecule has 1 aromatic carbocycles. The van der Waals surface area contributed by atoms with Crippen LogP contribution in [0.15, 0.2) is 35.9 Å². The van der Waals surface area contributed by atoms with Crippen LogP contribution in [0, 0.1) is 5.92 Å². The molecule has 1 aliphatic heterocycles. The average Bonchev–Trinajstić information content (AvgIpc) is 2.89. The molecule has 1 aromatic rings. The van der Waals surface area contributed by atoms with Crippen LogP contribution in [0.5, 0.6) is 5.75 Å². The fourth-order valence-corrected chi connectivity index (χ4v) is 2.90. The normalized spacial score (nSPS) is 24.3. The topological polar surface area (TPSA) is 57.2 Å². The SMILES string of the molecule is COc1ccc(COC[C@@H](C)[C@H]2OC(C)(C)O[C@@H]2/C=C(\C)CO)cc1. The third-order valence-corrected chi connectivity index (χ3v) is 4.23. The summed E-state index contributed by atoms with van der Waals surface area (Å²) in [6.45, 7) is 8.94. The Bertz CT molecular complexity index is 564. The molecule has 0 bridgehead atoms. The van der Waals surface area contributed by atoms with E-state index in [9.17, 15) is 5.11 Å². The van der Waals surface area contributed by atoms with E-state index < -0.39 is 5.79 Å². The van der Waals surface area contributed by atoms with Crippen molar-refractivity contribution in [3.05, 3.63) is 41.5 Å². The number of methoxy groups -OCH3 is 1. The van der Waals surface area contributed by atoms with E-state index >= 15 is 0 Å². The average molecular weight is 350 g/mol. The van der Waals surface area contributed by atoms with Crippen LogP contribution in [0.1, 0.15) is 33.3 Å². The Balaban J connectivity index is 1.90. The third-order valence-electron chi connectivity index (χ3n) is 4.23. The highest BCUT2D eigenvalue weighted by atomic mass is 16.8. The fourth-order valence-electron chi connectivity index (χ4n) is 2.90. The number of aliphatic hydroxyl groups is 1. The first-order chi connectivity index (χ1) is 11.8. The summed E-state index contributed by atoms with van der Waals surface area (Å²) in [5, 5.41) is 9.26. The standard InChI is InChI=1S/C20H30O5/c1-14(11-21)10-18-19(25-20(3,4)24-18)15(2)12-23-13-16-6-8-17(22-5)9-7-16/h6-10,15,18-19,21H,11-13H2,1-5H3/b14-10+/t15-,18-,19-/m1/s1. The van der Waals surface area contributed by atoms with E-state index in [0.29, 0.717) is 13.2 Å². The molecule has 1 fully saturated rings. The van der Waals surface area contributed by atoms with Crippen molar-refractivity contribution >= 4 is 0 Å². The molecule has 0 radical (unpaired) electrons. The van der Waals surface area contributed by atoms with Gasteiger partial charge in [0.2, 0.25) is 0 Å². The van der Waals surface area contributed by atoms with Gasteiger partial charge < -0.3 is 24.1 Å². The summed E-state index contributed by atoms with van der Waals surface area (Å²) < 4.78 is 23.0. The van der Waals surface area contributed by atoms with Gasteiger partial charge in [-0.1, -0.05) is 25.1 Å². The maximum absolute atomic E-state index is 9.26. The summed E-state index contributed by atoms with van der Waals surface area (Å²) in [4.78, 5) is 0. The van der Waals surface area contributed by atoms with Gasteiger partial charge in [-0.25, -0.2) is 0 Å². The van der Waals surface area contributed by atoms with E-state index in [0.717, 1.165) is 16.9 Å². The van der Waals surface area contributed by atoms with Gasteiger partial charge in [0.15, 0.2) is 5.79 Å². The van der Waals surface area contributed by atoms with Crippen molar-refractivity contribution in [2.24, 2.45) is 5.92 Å². The van der Waals surface area contributed by atoms with Gasteiger partial charge in [0.25, 0.3) is 0 Å². The first-order valence-electron chi connectivity index (χ1n) is 8.69. The molecule has 1 aliphatic rings. The summed E-state index contributed by atoms with van der Waals surface area (Å²) in [5.74, 6) is 0.365. The van der Waals surface area contributed by atoms with Crippen LogP contribution in [-0.2, 0) is 20.8 Å². The second-order valence-electron chi connectivity index (χ2n) is 7.08. The van der Waals surface area contributed by atoms with Crippen molar-refractivity contribution in [3.8, 4) is 5.75 Å². The Hall–Kier alpha value is -1.40. The Morgan fingerprint density at radius 1 is 1.28 bits per heavy atom. The quantitative estimate of drug-likeness (QED) is 0.729. The molecule has 140 valence electrons. The predicted molar refractivity (Wildman–Crippen MR) is 96.5 cm³/mol. The molecule has 5 nitrogen and oxygen atoms in total. The number of hydrogen-bond donors (Lipinski definition) is 1. The molecule has 0 spiro atoms. The van der Waals surface area contributed by atoms with Crippen molar-refractivity contribution in [3.63, 3.8) is 0 Å². The molecule has 2 rings (SSSR count). The Kier molecular flexibility index (Phi) is 7.02. The molecule has 0 aromatic heterocycles. The molecule has 0 unspecified atom stereocenters. The van der Waals surface area contributed by atoms with Crippen LogP contribution >= 0.6 is 0 Å². The molecule has 25 heavy (non-hydrogen) atoms. The van der Waals surface area contributed by atoms with Crippen LogP contribution in [0.2, 0.25) is 0 Å². The van der Waals surface area contributed by atoms with E-state index in [-0.39, 0.29) is 24.7 Å². The highest BCUT2D eigenvalue weighted by Crippen LogP contribution is 2.33. The zero-order valence-electron chi connectivity index (χ0n) is 15.8. The van der Waals surface area contributed by atoms with E-state index in [1.54, 1.807) is 7.11 Å². The van der Waals surface area contributed by atoms with Gasteiger partial charge in [0.05, 0.1) is 33.0 Å². The van der Waals surface area contributed by atoms with Crippen molar-refractivity contribution in [2.75, 3.05) is 20.3 Å². The second-order valence-corrected chi connectivity index (χ2v) is 7.08. The second kappa shape index (κ2) is 8.81. The van der Waals surface area contributed by atoms with E-state index in [1.807, 2.05) is 51.1 Å². The van der Waals surface area contributed by atoms with E-state index in [2.05, 4.69) is 6.92 Å². The van der Waals surface area contributed by atoms with Gasteiger partial charge in [-0.3, -0.25) is 0 Å². The van der Waals surface area contributed by atoms with Crippen LogP contribution in [-0.4, -0.2) is 43.4 Å². The minimum atomic E-state index is -0.633. The molecule has 0 saturated carbocycles. The van der Waals surface area contributed by atoms with Crippen molar-refractivity contribution in [1.29, 1.82) is 0 Å². The first-order valence-corrected chi connectivity index (χ1v) is 8.69. The van der Waals surface area contributed by atoms with Crippen LogP contribution in [0.25, 0.3) is 0 Å². The number of hydrogen-bond acceptors (Lipinski definition) is 5. The summed E-state index contributed by atoms with van der Waals surface area (Å²) in [5.41, 5.74) is 1.98. The van der Waals surface area contributed by atoms with Gasteiger partial charge in [-0.15, -0.1) is 0 Å². The molecule has 0 amide bonds. The fraction of sp³-hybridized carbons (Fsp3) is 0.600. The monoisotopic (exact) mass is 350 g/mol. The lowest BCUT2D eigenvalue weighted by atomic mass is 9.99. The maximum atomic E-state index is 9.26. The van der Waals surface area contributed by atoms with Gasteiger partial charge in [-0.2, -0.15) is 0 Å². The summed E-state index contributed by atoms with van der Waals surface area (Å²) in [7, 11) is 1.65. The molecule has 1 heterocycles. The molecule has 3 atom stereocenters. The maximum Gasteiger partial charge on any atom is 0.164 e. The number of rotatable bonds is 8. The largest absolute Gasteiger partial charge is 0.497 e. The van der Waals surface area contributed by atoms with Crippen molar-refractivity contribution in [1.82, 2.24) is 0 Å². The van der Waals surface area contributed by atoms with Crippen LogP contribution in [0.3, 0.4) is 0 Å². The van der Waals surface area contributed by atoms with Gasteiger partial charge >= 0.3 is 0 Å². The molecular formula is C20H30O5. The van der Waals surface area contributed by atoms with Crippen LogP contribution in [0.4, 0.5) is 0 Å². The van der Waals surface area contributed by atoms with Gasteiger partial charge in [0, 0.05) is 5.92 Å². The summed E-state index contributed by atoms with van der Waals surface area (Å²) in [6, 6.07) is 7.85. The number of benzene rings is 1. The Labute approximate surface area is 150 Å². The summed E-state index contributed by atoms with van der Waals surface area (Å²) in [6.07, 6.45) is 1.66. The predicted octanol–water partition coefficient (Wildman–Crippen LogP) is 3.31. The smallest absolute Gasteiger partial charge is 0.164 e. The first kappa shape index (κ1) is 19.9. The highest BCUT2D eigenvalue weighted by molar-refractivity contribution is 5.26. The van der Waals surface area contributed by atoms with Gasteiger partial charge in [0.1, 0.15) is 11.9 Å². The molecular weight excluding hydrogens is 320 g/mol. The molecule has 5 heteroatoms. The Morgan fingerprint density at radius 3 is 2.56 bits per heavy atom. The lowest BCUT2D eigenvalue weighted by Gasteiger charge is -2.22. The number of ether oxygens (including phenoxy) is 4. The number of aliphatic hydroxyl groups excluding tert-OH is 1. The zero-order chi connectivity index (χ0) is 18.4. The minimum absolute atomic E-state index is 0.0232. The van der Waals surface area contributed by atoms with Gasteiger partial charge in [-0.05, 0) is 44.0 Å². The molecule has 1 N–H and O–H groups in total. The highest BCUT2D eigenvalue weighted by Gasteiger charge is 2.42. The summed E-state index contributed by atoms with van der Waals surface area (Å²) >= 11 is 0. The van der Waals surface area contributed by atoms with E-state index in [1.165, 1.54) is 0 Å². The third kappa shape index (κ3) is 5.82. The molecule has 1 saturated heterocycles. The molecule has 0 aliphatic carbocycles. The minimum Gasteiger partial charge on any atom is -0.497 e. The lowest BCUT2D eigenvalue weighted by molar-refractivity contribution is -0.149. The van der Waals surface area contributed by atoms with Crippen LogP contribution < -0.4 is 4.74 Å². The van der Waals surface area contributed by atoms with Crippen molar-refractivity contribution in [2.45, 2.75) is 52.3 Å². The van der Waals surface area contributed by atoms with E-state index in [4.69, 9.17) is 18.9 Å². The Morgan fingerprint density at radius 2 is 1.96 bits per heavy atom. The lowest BCUT2D eigenvalue weighted by Crippen LogP contribution is -2.31.